The minimum absolute atomic E-state index is 0.0221. The lowest BCUT2D eigenvalue weighted by Crippen LogP contribution is -2.61. The van der Waals surface area contributed by atoms with Crippen molar-refractivity contribution in [2.75, 3.05) is 13.2 Å². The molecule has 0 saturated heterocycles. The topological polar surface area (TPSA) is 95.7 Å². The van der Waals surface area contributed by atoms with Gasteiger partial charge in [0.2, 0.25) is 6.54 Å². The monoisotopic (exact) mass is 395 g/mol. The van der Waals surface area contributed by atoms with Gasteiger partial charge in [-0.25, -0.2) is 4.79 Å². The van der Waals surface area contributed by atoms with Crippen molar-refractivity contribution >= 4 is 23.5 Å². The Labute approximate surface area is 162 Å². The van der Waals surface area contributed by atoms with Crippen molar-refractivity contribution in [1.29, 1.82) is 0 Å². The van der Waals surface area contributed by atoms with Crippen LogP contribution in [0.15, 0.2) is 36.4 Å². The second-order valence-electron chi connectivity index (χ2n) is 6.87. The van der Waals surface area contributed by atoms with Crippen LogP contribution in [0.4, 0.5) is 0 Å². The molecule has 27 heavy (non-hydrogen) atoms. The highest BCUT2D eigenvalue weighted by molar-refractivity contribution is 6.30. The van der Waals surface area contributed by atoms with Gasteiger partial charge in [0, 0.05) is 16.0 Å². The summed E-state index contributed by atoms with van der Waals surface area (Å²) >= 11 is 6.11. The van der Waals surface area contributed by atoms with Crippen molar-refractivity contribution in [2.24, 2.45) is 5.92 Å². The van der Waals surface area contributed by atoms with E-state index in [2.05, 4.69) is 0 Å². The van der Waals surface area contributed by atoms with Crippen LogP contribution >= 0.6 is 11.6 Å². The maximum absolute atomic E-state index is 13.2. The summed E-state index contributed by atoms with van der Waals surface area (Å²) in [6, 6.07) is 6.23. The smallest absolute Gasteiger partial charge is 0.331 e. The second-order valence-corrected chi connectivity index (χ2v) is 7.31. The average molecular weight is 396 g/mol. The van der Waals surface area contributed by atoms with Crippen LogP contribution in [0, 0.1) is 16.0 Å². The fourth-order valence-corrected chi connectivity index (χ4v) is 3.79. The number of nitro groups is 1. The van der Waals surface area contributed by atoms with Crippen LogP contribution in [0.2, 0.25) is 5.02 Å². The first-order chi connectivity index (χ1) is 12.7. The van der Waals surface area contributed by atoms with Gasteiger partial charge in [-0.1, -0.05) is 37.6 Å². The third-order valence-electron chi connectivity index (χ3n) is 4.51. The average Bonchev–Trinajstić information content (AvgIpc) is 2.93. The van der Waals surface area contributed by atoms with Gasteiger partial charge in [-0.15, -0.1) is 0 Å². The molecule has 2 atom stereocenters. The molecule has 2 rings (SSSR count). The van der Waals surface area contributed by atoms with Gasteiger partial charge < -0.3 is 9.47 Å². The molecule has 0 spiro atoms. The van der Waals surface area contributed by atoms with Crippen molar-refractivity contribution in [1.82, 2.24) is 0 Å². The summed E-state index contributed by atoms with van der Waals surface area (Å²) in [6.45, 7) is 4.58. The van der Waals surface area contributed by atoms with Crippen LogP contribution in [-0.4, -0.2) is 35.6 Å². The maximum Gasteiger partial charge on any atom is 0.331 e. The molecular formula is C19H22ClNO6. The first-order valence-corrected chi connectivity index (χ1v) is 9.02. The molecule has 1 aliphatic rings. The van der Waals surface area contributed by atoms with E-state index in [4.69, 9.17) is 21.1 Å². The van der Waals surface area contributed by atoms with Gasteiger partial charge >= 0.3 is 11.9 Å². The van der Waals surface area contributed by atoms with Gasteiger partial charge in [-0.2, -0.15) is 0 Å². The van der Waals surface area contributed by atoms with Gasteiger partial charge in [0.15, 0.2) is 11.0 Å². The highest BCUT2D eigenvalue weighted by atomic mass is 35.5. The van der Waals surface area contributed by atoms with E-state index in [0.717, 1.165) is 0 Å². The Balaban J connectivity index is 2.83. The fourth-order valence-electron chi connectivity index (χ4n) is 3.60. The lowest BCUT2D eigenvalue weighted by atomic mass is 9.64. The standard InChI is InChI=1S/C19H22ClNO6/c1-4-26-17(23)19(12-21(24)25,14-6-5-7-15(20)10-14)18(11-13(2)3)9-8-16(22)27-18/h5-10,13H,4,11-12H2,1-3H3/t18-,19+/m0/s1. The molecule has 8 heteroatoms. The molecule has 0 aromatic heterocycles. The predicted molar refractivity (Wildman–Crippen MR) is 99.0 cm³/mol. The molecule has 146 valence electrons. The van der Waals surface area contributed by atoms with Crippen LogP contribution in [0.1, 0.15) is 32.8 Å². The Hall–Kier alpha value is -2.41. The SMILES string of the molecule is CCOC(=O)[C@@](C[N+](=O)[O-])(c1cccc(Cl)c1)[C@@]1(CC(C)C)C=CC(=O)O1. The molecule has 0 radical (unpaired) electrons. The highest BCUT2D eigenvalue weighted by Crippen LogP contribution is 2.47. The summed E-state index contributed by atoms with van der Waals surface area (Å²) in [5, 5.41) is 12.0. The van der Waals surface area contributed by atoms with E-state index in [9.17, 15) is 19.7 Å². The predicted octanol–water partition coefficient (Wildman–Crippen LogP) is 3.32. The summed E-state index contributed by atoms with van der Waals surface area (Å²) in [4.78, 5) is 36.2. The number of carbonyl (C=O) groups excluding carboxylic acids is 2. The molecule has 1 aromatic rings. The van der Waals surface area contributed by atoms with Gasteiger partial charge in [0.1, 0.15) is 0 Å². The number of hydrogen-bond acceptors (Lipinski definition) is 6. The lowest BCUT2D eigenvalue weighted by Gasteiger charge is -2.43. The molecule has 0 saturated carbocycles. The van der Waals surface area contributed by atoms with E-state index < -0.39 is 34.4 Å². The first-order valence-electron chi connectivity index (χ1n) is 8.64. The highest BCUT2D eigenvalue weighted by Gasteiger charge is 2.65. The number of nitrogens with zero attached hydrogens (tertiary/aromatic N) is 1. The number of carbonyl (C=O) groups is 2. The van der Waals surface area contributed by atoms with E-state index >= 15 is 0 Å². The summed E-state index contributed by atoms with van der Waals surface area (Å²) in [5.41, 5.74) is -3.16. The number of rotatable bonds is 8. The largest absolute Gasteiger partial charge is 0.465 e. The number of ether oxygens (including phenoxy) is 2. The van der Waals surface area contributed by atoms with Crippen molar-refractivity contribution in [2.45, 2.75) is 38.2 Å². The summed E-state index contributed by atoms with van der Waals surface area (Å²) in [6.07, 6.45) is 2.84. The van der Waals surface area contributed by atoms with Crippen molar-refractivity contribution < 1.29 is 24.0 Å². The molecule has 0 aliphatic carbocycles. The van der Waals surface area contributed by atoms with Crippen LogP contribution < -0.4 is 0 Å². The minimum atomic E-state index is -1.87. The van der Waals surface area contributed by atoms with Crippen molar-refractivity contribution in [3.05, 3.63) is 57.1 Å². The molecule has 1 aliphatic heterocycles. The van der Waals surface area contributed by atoms with Gasteiger partial charge in [0.25, 0.3) is 0 Å². The zero-order valence-corrected chi connectivity index (χ0v) is 16.2. The summed E-state index contributed by atoms with van der Waals surface area (Å²) < 4.78 is 10.8. The molecule has 1 heterocycles. The quantitative estimate of drug-likeness (QED) is 0.380. The molecule has 0 fully saturated rings. The molecule has 0 N–H and O–H groups in total. The van der Waals surface area contributed by atoms with E-state index in [0.29, 0.717) is 5.02 Å². The molecule has 0 amide bonds. The molecular weight excluding hydrogens is 374 g/mol. The third-order valence-corrected chi connectivity index (χ3v) is 4.75. The number of halogens is 1. The lowest BCUT2D eigenvalue weighted by molar-refractivity contribution is -0.492. The first kappa shape index (κ1) is 20.9. The van der Waals surface area contributed by atoms with Gasteiger partial charge in [-0.3, -0.25) is 14.9 Å². The van der Waals surface area contributed by atoms with Crippen LogP contribution in [0.5, 0.6) is 0 Å². The maximum atomic E-state index is 13.2. The Morgan fingerprint density at radius 2 is 2.15 bits per heavy atom. The second kappa shape index (κ2) is 8.08. The Morgan fingerprint density at radius 1 is 1.44 bits per heavy atom. The van der Waals surface area contributed by atoms with Crippen molar-refractivity contribution in [3.63, 3.8) is 0 Å². The van der Waals surface area contributed by atoms with Crippen molar-refractivity contribution in [3.8, 4) is 0 Å². The molecule has 0 unspecified atom stereocenters. The molecule has 1 aromatic carbocycles. The minimum Gasteiger partial charge on any atom is -0.465 e. The van der Waals surface area contributed by atoms with Crippen LogP contribution in [0.3, 0.4) is 0 Å². The van der Waals surface area contributed by atoms with E-state index in [1.54, 1.807) is 25.1 Å². The summed E-state index contributed by atoms with van der Waals surface area (Å²) in [7, 11) is 0. The van der Waals surface area contributed by atoms with Gasteiger partial charge in [0.05, 0.1) is 6.61 Å². The van der Waals surface area contributed by atoms with Crippen LogP contribution in [-0.2, 0) is 24.5 Å². The van der Waals surface area contributed by atoms with E-state index in [-0.39, 0.29) is 24.5 Å². The number of esters is 2. The Kier molecular flexibility index (Phi) is 6.26. The molecule has 0 bridgehead atoms. The Bertz CT molecular complexity index is 777. The zero-order chi connectivity index (χ0) is 20.2. The fraction of sp³-hybridized carbons (Fsp3) is 0.474. The zero-order valence-electron chi connectivity index (χ0n) is 15.4. The van der Waals surface area contributed by atoms with Crippen LogP contribution in [0.25, 0.3) is 0 Å². The van der Waals surface area contributed by atoms with E-state index in [1.807, 2.05) is 13.8 Å². The number of benzene rings is 1. The van der Waals surface area contributed by atoms with E-state index in [1.165, 1.54) is 18.2 Å². The Morgan fingerprint density at radius 3 is 2.63 bits per heavy atom. The number of hydrogen-bond donors (Lipinski definition) is 0. The summed E-state index contributed by atoms with van der Waals surface area (Å²) in [5.74, 6) is -1.51. The number of cyclic esters (lactones) is 1. The normalized spacial score (nSPS) is 21.0. The molecule has 7 nitrogen and oxygen atoms in total. The third kappa shape index (κ3) is 3.98. The van der Waals surface area contributed by atoms with Gasteiger partial charge in [-0.05, 0) is 43.0 Å².